The monoisotopic (exact) mass is 288 g/mol. The molecule has 1 aromatic carbocycles. The Bertz CT molecular complexity index is 863. The van der Waals surface area contributed by atoms with Gasteiger partial charge < -0.3 is 4.98 Å². The average molecular weight is 288 g/mol. The Kier molecular flexibility index (Phi) is 3.19. The molecule has 7 heteroatoms. The molecule has 0 radical (unpaired) electrons. The van der Waals surface area contributed by atoms with Crippen molar-refractivity contribution in [1.29, 1.82) is 0 Å². The Morgan fingerprint density at radius 2 is 1.95 bits per heavy atom. The number of thioether (sulfide) groups is 1. The number of nitrogens with one attached hydrogen (secondary N) is 2. The van der Waals surface area contributed by atoms with Crippen molar-refractivity contribution in [3.8, 4) is 0 Å². The van der Waals surface area contributed by atoms with E-state index in [2.05, 4.69) is 15.0 Å². The van der Waals surface area contributed by atoms with Gasteiger partial charge in [-0.25, -0.2) is 9.78 Å². The molecule has 3 rings (SSSR count). The molecular formula is C13H12N4O2S. The molecule has 0 unspecified atom stereocenters. The molecule has 0 aliphatic rings. The van der Waals surface area contributed by atoms with Crippen molar-refractivity contribution in [3.63, 3.8) is 0 Å². The second-order valence-electron chi connectivity index (χ2n) is 4.30. The van der Waals surface area contributed by atoms with Crippen LogP contribution in [0.2, 0.25) is 0 Å². The fourth-order valence-electron chi connectivity index (χ4n) is 1.89. The Labute approximate surface area is 117 Å². The third-order valence-corrected chi connectivity index (χ3v) is 3.95. The molecule has 6 nitrogen and oxygen atoms in total. The number of hydrogen-bond donors (Lipinski definition) is 2. The van der Waals surface area contributed by atoms with Gasteiger partial charge in [-0.2, -0.15) is 0 Å². The van der Waals surface area contributed by atoms with E-state index in [1.54, 1.807) is 18.8 Å². The van der Waals surface area contributed by atoms with Gasteiger partial charge in [0.2, 0.25) is 0 Å². The van der Waals surface area contributed by atoms with Crippen LogP contribution in [0.1, 0.15) is 5.82 Å². The first kappa shape index (κ1) is 12.7. The predicted molar refractivity (Wildman–Crippen MR) is 78.0 cm³/mol. The molecule has 0 amide bonds. The van der Waals surface area contributed by atoms with Crippen molar-refractivity contribution < 1.29 is 0 Å². The van der Waals surface area contributed by atoms with Gasteiger partial charge in [-0.1, -0.05) is 18.2 Å². The van der Waals surface area contributed by atoms with E-state index in [4.69, 9.17) is 0 Å². The van der Waals surface area contributed by atoms with Crippen LogP contribution < -0.4 is 11.2 Å². The summed E-state index contributed by atoms with van der Waals surface area (Å²) < 4.78 is 1.32. The van der Waals surface area contributed by atoms with Gasteiger partial charge in [-0.3, -0.25) is 14.3 Å². The summed E-state index contributed by atoms with van der Waals surface area (Å²) in [5, 5.41) is 0. The fraction of sp³-hybridized carbons (Fsp3) is 0.154. The summed E-state index contributed by atoms with van der Waals surface area (Å²) in [6, 6.07) is 9.91. The lowest BCUT2D eigenvalue weighted by Crippen LogP contribution is -2.28. The highest BCUT2D eigenvalue weighted by Crippen LogP contribution is 2.21. The van der Waals surface area contributed by atoms with Gasteiger partial charge in [0.15, 0.2) is 5.65 Å². The van der Waals surface area contributed by atoms with Gasteiger partial charge in [0.25, 0.3) is 5.56 Å². The first-order chi connectivity index (χ1) is 9.65. The fourth-order valence-corrected chi connectivity index (χ4v) is 2.68. The second kappa shape index (κ2) is 5.01. The second-order valence-corrected chi connectivity index (χ2v) is 5.35. The molecule has 0 bridgehead atoms. The van der Waals surface area contributed by atoms with E-state index in [-0.39, 0.29) is 0 Å². The number of nitrogens with zero attached hydrogens (tertiary/aromatic N) is 2. The van der Waals surface area contributed by atoms with E-state index in [0.29, 0.717) is 22.7 Å². The zero-order valence-electron chi connectivity index (χ0n) is 10.7. The predicted octanol–water partition coefficient (Wildman–Crippen LogP) is 1.24. The average Bonchev–Trinajstić information content (AvgIpc) is 2.89. The molecular weight excluding hydrogens is 276 g/mol. The lowest BCUT2D eigenvalue weighted by atomic mass is 10.4. The number of hydrogen-bond acceptors (Lipinski definition) is 4. The molecule has 0 aliphatic heterocycles. The van der Waals surface area contributed by atoms with Gasteiger partial charge in [-0.15, -0.1) is 11.8 Å². The van der Waals surface area contributed by atoms with Crippen LogP contribution in [0.15, 0.2) is 44.8 Å². The first-order valence-corrected chi connectivity index (χ1v) is 6.99. The molecule has 0 atom stereocenters. The van der Waals surface area contributed by atoms with Crippen LogP contribution in [0.5, 0.6) is 0 Å². The van der Waals surface area contributed by atoms with E-state index in [0.717, 1.165) is 4.90 Å². The van der Waals surface area contributed by atoms with Crippen molar-refractivity contribution in [2.45, 2.75) is 10.6 Å². The van der Waals surface area contributed by atoms with Gasteiger partial charge in [0.1, 0.15) is 11.3 Å². The minimum Gasteiger partial charge on any atom is -0.335 e. The number of H-pyrrole nitrogens is 2. The number of imidazole rings is 1. The molecule has 102 valence electrons. The number of benzene rings is 1. The summed E-state index contributed by atoms with van der Waals surface area (Å²) in [6.45, 7) is 0. The zero-order valence-corrected chi connectivity index (χ0v) is 11.5. The Hall–Kier alpha value is -2.28. The molecule has 0 spiro atoms. The Morgan fingerprint density at radius 3 is 2.70 bits per heavy atom. The smallest absolute Gasteiger partial charge is 0.329 e. The highest BCUT2D eigenvalue weighted by Gasteiger charge is 2.10. The van der Waals surface area contributed by atoms with Crippen LogP contribution in [-0.4, -0.2) is 19.5 Å². The van der Waals surface area contributed by atoms with E-state index in [9.17, 15) is 9.59 Å². The van der Waals surface area contributed by atoms with E-state index < -0.39 is 11.2 Å². The maximum absolute atomic E-state index is 11.7. The number of aryl methyl sites for hydroxylation is 1. The van der Waals surface area contributed by atoms with Gasteiger partial charge in [0.05, 0.1) is 5.75 Å². The maximum Gasteiger partial charge on any atom is 0.329 e. The van der Waals surface area contributed by atoms with Crippen molar-refractivity contribution in [3.05, 3.63) is 57.0 Å². The summed E-state index contributed by atoms with van der Waals surface area (Å²) in [7, 11) is 1.58. The van der Waals surface area contributed by atoms with Crippen LogP contribution in [0, 0.1) is 0 Å². The van der Waals surface area contributed by atoms with Crippen LogP contribution >= 0.6 is 11.8 Å². The van der Waals surface area contributed by atoms with Crippen LogP contribution in [0.4, 0.5) is 0 Å². The quantitative estimate of drug-likeness (QED) is 0.710. The first-order valence-electron chi connectivity index (χ1n) is 6.01. The molecule has 3 aromatic rings. The molecule has 20 heavy (non-hydrogen) atoms. The minimum atomic E-state index is -0.462. The SMILES string of the molecule is Cn1c(=O)[nH]c(=O)c2[nH]c(CSc3ccccc3)nc21. The van der Waals surface area contributed by atoms with Crippen molar-refractivity contribution in [2.75, 3.05) is 0 Å². The number of aromatic amines is 2. The molecule has 0 aliphatic carbocycles. The Balaban J connectivity index is 1.94. The third kappa shape index (κ3) is 2.27. The highest BCUT2D eigenvalue weighted by molar-refractivity contribution is 7.98. The van der Waals surface area contributed by atoms with Crippen LogP contribution in [0.25, 0.3) is 11.2 Å². The largest absolute Gasteiger partial charge is 0.335 e. The standard InChI is InChI=1S/C13H12N4O2S/c1-17-11-10(12(18)16-13(17)19)14-9(15-11)7-20-8-5-3-2-4-6-8/h2-6H,7H2,1H3,(H,14,15)(H,16,18,19). The van der Waals surface area contributed by atoms with Gasteiger partial charge in [0, 0.05) is 11.9 Å². The summed E-state index contributed by atoms with van der Waals surface area (Å²) in [5.41, 5.74) is -0.194. The van der Waals surface area contributed by atoms with Crippen molar-refractivity contribution in [1.82, 2.24) is 19.5 Å². The van der Waals surface area contributed by atoms with Crippen molar-refractivity contribution in [2.24, 2.45) is 7.05 Å². The minimum absolute atomic E-state index is 0.329. The summed E-state index contributed by atoms with van der Waals surface area (Å²) >= 11 is 1.61. The molecule has 0 fully saturated rings. The van der Waals surface area contributed by atoms with E-state index in [1.807, 2.05) is 30.3 Å². The van der Waals surface area contributed by atoms with Crippen LogP contribution in [0.3, 0.4) is 0 Å². The van der Waals surface area contributed by atoms with E-state index in [1.165, 1.54) is 4.57 Å². The lowest BCUT2D eigenvalue weighted by molar-refractivity contribution is 0.831. The molecule has 2 N–H and O–H groups in total. The maximum atomic E-state index is 11.7. The highest BCUT2D eigenvalue weighted by atomic mass is 32.2. The lowest BCUT2D eigenvalue weighted by Gasteiger charge is -1.97. The summed E-state index contributed by atoms with van der Waals surface area (Å²) in [6.07, 6.45) is 0. The molecule has 0 saturated carbocycles. The Morgan fingerprint density at radius 1 is 1.20 bits per heavy atom. The molecule has 0 saturated heterocycles. The van der Waals surface area contributed by atoms with Crippen LogP contribution in [-0.2, 0) is 12.8 Å². The molecule has 2 aromatic heterocycles. The van der Waals surface area contributed by atoms with E-state index >= 15 is 0 Å². The number of aromatic nitrogens is 4. The summed E-state index contributed by atoms with van der Waals surface area (Å²) in [5.74, 6) is 1.27. The van der Waals surface area contributed by atoms with Crippen molar-refractivity contribution >= 4 is 22.9 Å². The summed E-state index contributed by atoms with van der Waals surface area (Å²) in [4.78, 5) is 33.8. The zero-order chi connectivity index (χ0) is 14.1. The number of rotatable bonds is 3. The third-order valence-electron chi connectivity index (χ3n) is 2.92. The van der Waals surface area contributed by atoms with Gasteiger partial charge in [-0.05, 0) is 12.1 Å². The topological polar surface area (TPSA) is 83.5 Å². The van der Waals surface area contributed by atoms with Gasteiger partial charge >= 0.3 is 5.69 Å². The molecule has 2 heterocycles. The number of fused-ring (bicyclic) bond motifs is 1. The normalized spacial score (nSPS) is 11.1.